The number of carbonyl (C=O) groups excluding carboxylic acids is 1. The highest BCUT2D eigenvalue weighted by Crippen LogP contribution is 2.17. The Morgan fingerprint density at radius 1 is 1.43 bits per heavy atom. The van der Waals surface area contributed by atoms with Crippen molar-refractivity contribution in [2.24, 2.45) is 0 Å². The van der Waals surface area contributed by atoms with E-state index in [0.29, 0.717) is 18.1 Å². The Morgan fingerprint density at radius 2 is 2.26 bits per heavy atom. The summed E-state index contributed by atoms with van der Waals surface area (Å²) < 4.78 is 5.24. The number of likely N-dealkylation sites (N-methyl/N-ethyl adjacent to an activating group) is 1. The van der Waals surface area contributed by atoms with E-state index in [-0.39, 0.29) is 18.5 Å². The first-order valence-corrected chi connectivity index (χ1v) is 7.76. The van der Waals surface area contributed by atoms with Crippen LogP contribution < -0.4 is 10.6 Å². The van der Waals surface area contributed by atoms with Crippen LogP contribution in [0.3, 0.4) is 0 Å². The van der Waals surface area contributed by atoms with Crippen molar-refractivity contribution in [2.75, 3.05) is 26.7 Å². The highest BCUT2D eigenvalue weighted by molar-refractivity contribution is 5.78. The SMILES string of the molecule is CN1CCNCC1c1noc(CNC(=O)Cc2ccccc2)n1. The number of carbonyl (C=O) groups is 1. The molecule has 1 aliphatic heterocycles. The molecule has 0 saturated carbocycles. The molecule has 1 unspecified atom stereocenters. The topological polar surface area (TPSA) is 83.3 Å². The Balaban J connectivity index is 1.52. The van der Waals surface area contributed by atoms with Crippen molar-refractivity contribution in [1.29, 1.82) is 0 Å². The molecule has 7 heteroatoms. The van der Waals surface area contributed by atoms with Crippen molar-refractivity contribution >= 4 is 5.91 Å². The van der Waals surface area contributed by atoms with Crippen molar-refractivity contribution in [3.05, 3.63) is 47.6 Å². The minimum Gasteiger partial charge on any atom is -0.347 e. The predicted octanol–water partition coefficient (Wildman–Crippen LogP) is 0.505. The van der Waals surface area contributed by atoms with Crippen LogP contribution in [-0.2, 0) is 17.8 Å². The average Bonchev–Trinajstić information content (AvgIpc) is 3.03. The summed E-state index contributed by atoms with van der Waals surface area (Å²) in [5, 5.41) is 10.2. The largest absolute Gasteiger partial charge is 0.347 e. The van der Waals surface area contributed by atoms with Gasteiger partial charge in [0, 0.05) is 19.6 Å². The van der Waals surface area contributed by atoms with E-state index in [2.05, 4.69) is 25.7 Å². The van der Waals surface area contributed by atoms with Crippen molar-refractivity contribution in [3.8, 4) is 0 Å². The van der Waals surface area contributed by atoms with Crippen molar-refractivity contribution in [3.63, 3.8) is 0 Å². The monoisotopic (exact) mass is 315 g/mol. The number of nitrogens with one attached hydrogen (secondary N) is 2. The standard InChI is InChI=1S/C16H21N5O2/c1-21-8-7-17-10-13(21)16-19-15(23-20-16)11-18-14(22)9-12-5-3-2-4-6-12/h2-6,13,17H,7-11H2,1H3,(H,18,22). The number of rotatable bonds is 5. The van der Waals surface area contributed by atoms with Crippen molar-refractivity contribution < 1.29 is 9.32 Å². The van der Waals surface area contributed by atoms with Gasteiger partial charge in [-0.1, -0.05) is 35.5 Å². The predicted molar refractivity (Wildman–Crippen MR) is 84.5 cm³/mol. The zero-order valence-electron chi connectivity index (χ0n) is 13.2. The molecule has 1 aliphatic rings. The molecule has 1 saturated heterocycles. The molecular weight excluding hydrogens is 294 g/mol. The van der Waals surface area contributed by atoms with Gasteiger partial charge in [-0.3, -0.25) is 9.69 Å². The van der Waals surface area contributed by atoms with E-state index in [1.54, 1.807) is 0 Å². The van der Waals surface area contributed by atoms with E-state index in [9.17, 15) is 4.79 Å². The molecule has 23 heavy (non-hydrogen) atoms. The smallest absolute Gasteiger partial charge is 0.246 e. The van der Waals surface area contributed by atoms with Crippen LogP contribution in [0.1, 0.15) is 23.3 Å². The first-order valence-electron chi connectivity index (χ1n) is 7.76. The summed E-state index contributed by atoms with van der Waals surface area (Å²) in [7, 11) is 2.04. The number of nitrogens with zero attached hydrogens (tertiary/aromatic N) is 3. The summed E-state index contributed by atoms with van der Waals surface area (Å²) in [5.74, 6) is 1.03. The summed E-state index contributed by atoms with van der Waals surface area (Å²) in [4.78, 5) is 18.5. The molecule has 122 valence electrons. The van der Waals surface area contributed by atoms with Crippen LogP contribution >= 0.6 is 0 Å². The summed E-state index contributed by atoms with van der Waals surface area (Å²) in [6, 6.07) is 9.73. The molecule has 1 aromatic heterocycles. The molecule has 0 bridgehead atoms. The molecule has 7 nitrogen and oxygen atoms in total. The van der Waals surface area contributed by atoms with E-state index < -0.39 is 0 Å². The fraction of sp³-hybridized carbons (Fsp3) is 0.438. The van der Waals surface area contributed by atoms with E-state index in [1.807, 2.05) is 37.4 Å². The first kappa shape index (κ1) is 15.6. The molecule has 0 aliphatic carbocycles. The zero-order chi connectivity index (χ0) is 16.1. The summed E-state index contributed by atoms with van der Waals surface area (Å²) in [6.45, 7) is 2.97. The molecule has 2 aromatic rings. The van der Waals surface area contributed by atoms with Gasteiger partial charge in [0.25, 0.3) is 0 Å². The Morgan fingerprint density at radius 3 is 3.04 bits per heavy atom. The molecule has 2 N–H and O–H groups in total. The molecule has 1 fully saturated rings. The summed E-state index contributed by atoms with van der Waals surface area (Å²) in [5.41, 5.74) is 0.978. The third kappa shape index (κ3) is 4.14. The van der Waals surface area contributed by atoms with Gasteiger partial charge in [-0.05, 0) is 12.6 Å². The van der Waals surface area contributed by atoms with Gasteiger partial charge in [0.1, 0.15) is 0 Å². The summed E-state index contributed by atoms with van der Waals surface area (Å²) in [6.07, 6.45) is 0.344. The Kier molecular flexibility index (Phi) is 4.99. The van der Waals surface area contributed by atoms with Gasteiger partial charge in [0.15, 0.2) is 5.82 Å². The van der Waals surface area contributed by atoms with E-state index >= 15 is 0 Å². The van der Waals surface area contributed by atoms with Crippen LogP contribution in [-0.4, -0.2) is 47.6 Å². The fourth-order valence-corrected chi connectivity index (χ4v) is 2.59. The highest BCUT2D eigenvalue weighted by Gasteiger charge is 2.25. The van der Waals surface area contributed by atoms with Crippen LogP contribution in [0, 0.1) is 0 Å². The second-order valence-corrected chi connectivity index (χ2v) is 5.69. The van der Waals surface area contributed by atoms with Gasteiger partial charge in [-0.2, -0.15) is 4.98 Å². The lowest BCUT2D eigenvalue weighted by Gasteiger charge is -2.30. The van der Waals surface area contributed by atoms with E-state index in [0.717, 1.165) is 25.2 Å². The Labute approximate surface area is 135 Å². The number of aromatic nitrogens is 2. The van der Waals surface area contributed by atoms with Gasteiger partial charge >= 0.3 is 0 Å². The van der Waals surface area contributed by atoms with Gasteiger partial charge in [-0.15, -0.1) is 0 Å². The maximum atomic E-state index is 11.9. The molecule has 1 atom stereocenters. The third-order valence-electron chi connectivity index (χ3n) is 3.94. The fourth-order valence-electron chi connectivity index (χ4n) is 2.59. The lowest BCUT2D eigenvalue weighted by atomic mass is 10.1. The molecule has 0 spiro atoms. The number of hydrogen-bond donors (Lipinski definition) is 2. The number of benzene rings is 1. The summed E-state index contributed by atoms with van der Waals surface area (Å²) >= 11 is 0. The molecule has 3 rings (SSSR count). The second-order valence-electron chi connectivity index (χ2n) is 5.69. The Hall–Kier alpha value is -2.25. The molecule has 1 aromatic carbocycles. The minimum absolute atomic E-state index is 0.0626. The maximum Gasteiger partial charge on any atom is 0.246 e. The molecule has 1 amide bonds. The lowest BCUT2D eigenvalue weighted by molar-refractivity contribution is -0.120. The highest BCUT2D eigenvalue weighted by atomic mass is 16.5. The average molecular weight is 315 g/mol. The number of piperazine rings is 1. The van der Waals surface area contributed by atoms with Gasteiger partial charge in [-0.25, -0.2) is 0 Å². The molecular formula is C16H21N5O2. The third-order valence-corrected chi connectivity index (χ3v) is 3.94. The van der Waals surface area contributed by atoms with Gasteiger partial charge < -0.3 is 15.2 Å². The van der Waals surface area contributed by atoms with Crippen LogP contribution in [0.4, 0.5) is 0 Å². The second kappa shape index (κ2) is 7.34. The van der Waals surface area contributed by atoms with Crippen LogP contribution in [0.15, 0.2) is 34.9 Å². The van der Waals surface area contributed by atoms with E-state index in [4.69, 9.17) is 4.52 Å². The number of amides is 1. The van der Waals surface area contributed by atoms with Gasteiger partial charge in [0.05, 0.1) is 19.0 Å². The van der Waals surface area contributed by atoms with Crippen molar-refractivity contribution in [2.45, 2.75) is 19.0 Å². The van der Waals surface area contributed by atoms with Crippen LogP contribution in [0.25, 0.3) is 0 Å². The van der Waals surface area contributed by atoms with Crippen molar-refractivity contribution in [1.82, 2.24) is 25.7 Å². The van der Waals surface area contributed by atoms with Crippen LogP contribution in [0.5, 0.6) is 0 Å². The number of hydrogen-bond acceptors (Lipinski definition) is 6. The van der Waals surface area contributed by atoms with Crippen LogP contribution in [0.2, 0.25) is 0 Å². The Bertz CT molecular complexity index is 643. The zero-order valence-corrected chi connectivity index (χ0v) is 13.2. The minimum atomic E-state index is -0.0626. The molecule has 2 heterocycles. The van der Waals surface area contributed by atoms with Gasteiger partial charge in [0.2, 0.25) is 11.8 Å². The first-order chi connectivity index (χ1) is 11.2. The molecule has 0 radical (unpaired) electrons. The maximum absolute atomic E-state index is 11.9. The lowest BCUT2D eigenvalue weighted by Crippen LogP contribution is -2.44. The van der Waals surface area contributed by atoms with E-state index in [1.165, 1.54) is 0 Å². The normalized spacial score (nSPS) is 18.7. The quantitative estimate of drug-likeness (QED) is 0.836.